The second-order valence-corrected chi connectivity index (χ2v) is 8.16. The Hall–Kier alpha value is 4.35. The zero-order valence-electron chi connectivity index (χ0n) is 11.6. The SMILES string of the molecule is ClCCl.O=[PH]([O-])O[PH](=O)[O-].O=[PH]([O-])O[PH](=O)[O-].O=[PH]([O-])O[PH](=O)[O-].[Ce+3].[Ce+3]. The summed E-state index contributed by atoms with van der Waals surface area (Å²) >= 11 is 9.53. The molecule has 0 aliphatic rings. The maximum Gasteiger partial charge on any atom is 3.00 e. The molecule has 0 saturated heterocycles. The molecule has 0 heterocycles. The van der Waals surface area contributed by atoms with Crippen molar-refractivity contribution in [2.45, 2.75) is 0 Å². The van der Waals surface area contributed by atoms with Crippen LogP contribution >= 0.6 is 72.7 Å². The Morgan fingerprint density at radius 2 is 0.577 bits per heavy atom. The van der Waals surface area contributed by atoms with Gasteiger partial charge in [-0.2, -0.15) is 0 Å². The number of rotatable bonds is 6. The molecule has 0 spiro atoms. The third-order valence-corrected chi connectivity index (χ3v) is 4.50. The van der Waals surface area contributed by atoms with E-state index in [2.05, 4.69) is 12.9 Å². The van der Waals surface area contributed by atoms with Gasteiger partial charge in [0.25, 0.3) is 0 Å². The summed E-state index contributed by atoms with van der Waals surface area (Å²) in [6.07, 6.45) is 0. The molecule has 0 aliphatic carbocycles. The minimum absolute atomic E-state index is 0. The Morgan fingerprint density at radius 3 is 0.577 bits per heavy atom. The van der Waals surface area contributed by atoms with Crippen LogP contribution in [0.2, 0.25) is 0 Å². The van der Waals surface area contributed by atoms with Crippen molar-refractivity contribution in [2.24, 2.45) is 0 Å². The average Bonchev–Trinajstić information content (AvgIpc) is 2.24. The van der Waals surface area contributed by atoms with Crippen LogP contribution in [-0.4, -0.2) is 5.34 Å². The van der Waals surface area contributed by atoms with Gasteiger partial charge in [0.2, 0.25) is 0 Å². The molecule has 25 heteroatoms. The molecule has 0 aromatic carbocycles. The molecule has 6 unspecified atom stereocenters. The van der Waals surface area contributed by atoms with Gasteiger partial charge >= 0.3 is 83.5 Å². The van der Waals surface area contributed by atoms with Gasteiger partial charge in [0.05, 0.1) is 5.34 Å². The van der Waals surface area contributed by atoms with Crippen LogP contribution in [0.1, 0.15) is 0 Å². The van der Waals surface area contributed by atoms with Gasteiger partial charge in [-0.25, -0.2) is 0 Å². The van der Waals surface area contributed by atoms with Gasteiger partial charge in [-0.1, -0.05) is 0 Å². The minimum Gasteiger partial charge on any atom is -0.781 e. The molecule has 0 N–H and O–H groups in total. The molecular formula is CH8Ce2Cl2O15P6. The number of halogens is 2. The fourth-order valence-electron chi connectivity index (χ4n) is 0.204. The Labute approximate surface area is 228 Å². The zero-order valence-corrected chi connectivity index (χ0v) is 25.4. The van der Waals surface area contributed by atoms with Gasteiger partial charge in [0.1, 0.15) is 49.5 Å². The van der Waals surface area contributed by atoms with Crippen molar-refractivity contribution in [2.75, 3.05) is 5.34 Å². The van der Waals surface area contributed by atoms with Crippen LogP contribution in [0.15, 0.2) is 0 Å². The van der Waals surface area contributed by atoms with Gasteiger partial charge in [-0.3, -0.25) is 12.9 Å². The standard InChI is InChI=1S/CH2Cl2.2Ce.3H4O5P2/c2-1-3;;;3*1-6(2)5-7(3)4/h1H2;;;3*6-7H,(H,1,2)(H,3,4)/q;2*+3;;;/p-6. The maximum atomic E-state index is 9.29. The third-order valence-electron chi connectivity index (χ3n) is 0.500. The van der Waals surface area contributed by atoms with Crippen LogP contribution in [0.3, 0.4) is 0 Å². The first-order chi connectivity index (χ1) is 10.8. The molecule has 0 aromatic heterocycles. The first-order valence-corrected chi connectivity index (χ1v) is 12.6. The van der Waals surface area contributed by atoms with Gasteiger partial charge < -0.3 is 56.8 Å². The summed E-state index contributed by atoms with van der Waals surface area (Å²) in [5.74, 6) is 0. The smallest absolute Gasteiger partial charge is 0.781 e. The summed E-state index contributed by atoms with van der Waals surface area (Å²) in [6.45, 7) is 0. The second kappa shape index (κ2) is 34.0. The van der Waals surface area contributed by atoms with Crippen molar-refractivity contribution < 1.29 is 153 Å². The van der Waals surface area contributed by atoms with Gasteiger partial charge in [-0.15, -0.1) is 23.2 Å². The van der Waals surface area contributed by atoms with Crippen molar-refractivity contribution in [1.82, 2.24) is 0 Å². The largest absolute Gasteiger partial charge is 3.00 e. The normalized spacial score (nSPS) is 15.7. The maximum absolute atomic E-state index is 9.29. The summed E-state index contributed by atoms with van der Waals surface area (Å²) < 4.78 is 65.4. The van der Waals surface area contributed by atoms with Crippen LogP contribution in [0.5, 0.6) is 0 Å². The number of hydrogen-bond donors (Lipinski definition) is 0. The molecule has 0 aliphatic heterocycles. The van der Waals surface area contributed by atoms with Crippen LogP contribution in [0.4, 0.5) is 0 Å². The minimum atomic E-state index is -3.51. The van der Waals surface area contributed by atoms with Crippen molar-refractivity contribution in [3.8, 4) is 0 Å². The second-order valence-electron chi connectivity index (χ2n) is 1.91. The molecule has 6 atom stereocenters. The van der Waals surface area contributed by atoms with Crippen molar-refractivity contribution in [1.29, 1.82) is 0 Å². The zero-order chi connectivity index (χ0) is 20.3. The average molecular weight is 797 g/mol. The van der Waals surface area contributed by atoms with Crippen LogP contribution in [0, 0.1) is 83.5 Å². The molecule has 26 heavy (non-hydrogen) atoms. The molecule has 15 nitrogen and oxygen atoms in total. The molecule has 0 amide bonds. The Balaban J connectivity index is -0.0000000517. The Bertz CT molecular complexity index is 348. The van der Waals surface area contributed by atoms with Crippen LogP contribution < -0.4 is 29.4 Å². The van der Waals surface area contributed by atoms with E-state index in [0.29, 0.717) is 0 Å². The van der Waals surface area contributed by atoms with E-state index in [0.717, 1.165) is 0 Å². The van der Waals surface area contributed by atoms with E-state index in [1.54, 1.807) is 0 Å². The fourth-order valence-corrected chi connectivity index (χ4v) is 1.84. The fraction of sp³-hybridized carbons (Fsp3) is 1.00. The number of alkyl halides is 2. The summed E-state index contributed by atoms with van der Waals surface area (Å²) in [7, 11) is -21.1. The summed E-state index contributed by atoms with van der Waals surface area (Å²) in [4.78, 5) is 55.7. The van der Waals surface area contributed by atoms with E-state index in [1.807, 2.05) is 0 Å². The van der Waals surface area contributed by atoms with Crippen molar-refractivity contribution in [3.05, 3.63) is 0 Å². The molecule has 0 saturated carbocycles. The predicted octanol–water partition coefficient (Wildman–Crippen LogP) is -3.07. The quantitative estimate of drug-likeness (QED) is 0.191. The third kappa shape index (κ3) is 79.3. The van der Waals surface area contributed by atoms with Gasteiger partial charge in [0.15, 0.2) is 0 Å². The van der Waals surface area contributed by atoms with Gasteiger partial charge in [0, 0.05) is 0 Å². The monoisotopic (exact) mass is 796 g/mol. The molecular weight excluding hydrogens is 789 g/mol. The van der Waals surface area contributed by atoms with E-state index in [1.165, 1.54) is 0 Å². The molecule has 154 valence electrons. The Morgan fingerprint density at radius 1 is 0.500 bits per heavy atom. The van der Waals surface area contributed by atoms with Crippen molar-refractivity contribution >= 4 is 72.7 Å². The van der Waals surface area contributed by atoms with Crippen LogP contribution in [-0.2, 0) is 40.3 Å². The van der Waals surface area contributed by atoms with E-state index in [4.69, 9.17) is 23.2 Å². The molecule has 0 aromatic rings. The van der Waals surface area contributed by atoms with E-state index < -0.39 is 49.5 Å². The van der Waals surface area contributed by atoms with Gasteiger partial charge in [-0.05, 0) is 0 Å². The summed E-state index contributed by atoms with van der Waals surface area (Å²) in [6, 6.07) is 0. The molecule has 2 radical (unpaired) electrons. The molecule has 0 rings (SSSR count). The summed E-state index contributed by atoms with van der Waals surface area (Å²) in [5.41, 5.74) is 0. The first-order valence-electron chi connectivity index (χ1n) is 4.21. The summed E-state index contributed by atoms with van der Waals surface area (Å²) in [5, 5.41) is 0.194. The van der Waals surface area contributed by atoms with E-state index in [-0.39, 0.29) is 88.8 Å². The molecule has 0 bridgehead atoms. The van der Waals surface area contributed by atoms with Crippen LogP contribution in [0.25, 0.3) is 0 Å². The van der Waals surface area contributed by atoms with Crippen molar-refractivity contribution in [3.63, 3.8) is 0 Å². The first kappa shape index (κ1) is 44.1. The number of hydrogen-bond acceptors (Lipinski definition) is 15. The van der Waals surface area contributed by atoms with E-state index in [9.17, 15) is 56.8 Å². The van der Waals surface area contributed by atoms with E-state index >= 15 is 0 Å². The topological polar surface area (TPSA) is 268 Å². The molecule has 0 fully saturated rings. The Kier molecular flexibility index (Phi) is 57.6. The predicted molar refractivity (Wildman–Crippen MR) is 73.8 cm³/mol.